The van der Waals surface area contributed by atoms with Crippen LogP contribution < -0.4 is 10.0 Å². The number of rotatable bonds is 6. The number of nitro groups is 1. The van der Waals surface area contributed by atoms with Gasteiger partial charge < -0.3 is 5.32 Å². The number of likely N-dealkylation sites (N-methyl/N-ethyl adjacent to an activating group) is 1. The molecule has 1 aromatic carbocycles. The van der Waals surface area contributed by atoms with Crippen LogP contribution in [0.1, 0.15) is 12.5 Å². The number of nitro benzene ring substituents is 1. The van der Waals surface area contributed by atoms with Gasteiger partial charge in [-0.2, -0.15) is 13.2 Å². The summed E-state index contributed by atoms with van der Waals surface area (Å²) in [6.07, 6.45) is -5.04. The van der Waals surface area contributed by atoms with Crippen LogP contribution in [0.25, 0.3) is 0 Å². The van der Waals surface area contributed by atoms with E-state index in [1.54, 1.807) is 14.0 Å². The lowest BCUT2D eigenvalue weighted by Crippen LogP contribution is -2.37. The largest absolute Gasteiger partial charge is 0.417 e. The fourth-order valence-corrected chi connectivity index (χ4v) is 2.84. The van der Waals surface area contributed by atoms with E-state index in [0.717, 1.165) is 0 Å². The molecule has 0 fully saturated rings. The van der Waals surface area contributed by atoms with Crippen molar-refractivity contribution in [3.8, 4) is 0 Å². The zero-order valence-electron chi connectivity index (χ0n) is 12.0. The average molecular weight is 378 g/mol. The van der Waals surface area contributed by atoms with Gasteiger partial charge in [-0.3, -0.25) is 10.1 Å². The van der Waals surface area contributed by atoms with E-state index in [1.165, 1.54) is 0 Å². The maximum atomic E-state index is 13.0. The second kappa shape index (κ2) is 7.90. The molecule has 0 spiro atoms. The number of halogens is 4. The number of non-ortho nitro benzene ring substituents is 1. The van der Waals surface area contributed by atoms with E-state index in [0.29, 0.717) is 12.1 Å². The van der Waals surface area contributed by atoms with Gasteiger partial charge in [0, 0.05) is 24.7 Å². The van der Waals surface area contributed by atoms with Gasteiger partial charge in [0.2, 0.25) is 10.0 Å². The van der Waals surface area contributed by atoms with Gasteiger partial charge in [0.1, 0.15) is 0 Å². The van der Waals surface area contributed by atoms with Gasteiger partial charge in [-0.15, -0.1) is 12.4 Å². The number of sulfonamides is 1. The minimum atomic E-state index is -5.04. The molecule has 23 heavy (non-hydrogen) atoms. The van der Waals surface area contributed by atoms with Crippen molar-refractivity contribution in [2.24, 2.45) is 0 Å². The van der Waals surface area contributed by atoms with Gasteiger partial charge >= 0.3 is 6.18 Å². The van der Waals surface area contributed by atoms with E-state index in [9.17, 15) is 31.7 Å². The lowest BCUT2D eigenvalue weighted by atomic mass is 10.2. The predicted octanol–water partition coefficient (Wildman–Crippen LogP) is 1.92. The Morgan fingerprint density at radius 3 is 2.35 bits per heavy atom. The van der Waals surface area contributed by atoms with Gasteiger partial charge in [-0.25, -0.2) is 13.1 Å². The lowest BCUT2D eigenvalue weighted by molar-refractivity contribution is -0.385. The van der Waals surface area contributed by atoms with Crippen molar-refractivity contribution in [2.75, 3.05) is 13.6 Å². The molecule has 1 unspecified atom stereocenters. The molecule has 1 rings (SSSR count). The first-order valence-electron chi connectivity index (χ1n) is 6.01. The van der Waals surface area contributed by atoms with Crippen LogP contribution in [-0.2, 0) is 16.2 Å². The number of nitrogens with one attached hydrogen (secondary N) is 2. The van der Waals surface area contributed by atoms with Crippen LogP contribution in [-0.4, -0.2) is 33.0 Å². The maximum Gasteiger partial charge on any atom is 0.417 e. The smallest absolute Gasteiger partial charge is 0.316 e. The quantitative estimate of drug-likeness (QED) is 0.582. The molecule has 0 aliphatic rings. The summed E-state index contributed by atoms with van der Waals surface area (Å²) in [4.78, 5) is 8.49. The van der Waals surface area contributed by atoms with Crippen LogP contribution in [0.15, 0.2) is 23.1 Å². The minimum Gasteiger partial charge on any atom is -0.316 e. The molecule has 0 aromatic heterocycles. The third-order valence-electron chi connectivity index (χ3n) is 2.84. The van der Waals surface area contributed by atoms with E-state index in [-0.39, 0.29) is 31.1 Å². The average Bonchev–Trinajstić information content (AvgIpc) is 2.43. The van der Waals surface area contributed by atoms with E-state index in [4.69, 9.17) is 0 Å². The van der Waals surface area contributed by atoms with Crippen molar-refractivity contribution in [3.63, 3.8) is 0 Å². The van der Waals surface area contributed by atoms with Gasteiger partial charge in [-0.05, 0) is 20.0 Å². The Hall–Kier alpha value is -1.43. The fraction of sp³-hybridized carbons (Fsp3) is 0.455. The Kier molecular flexibility index (Phi) is 7.41. The second-order valence-corrected chi connectivity index (χ2v) is 6.21. The summed E-state index contributed by atoms with van der Waals surface area (Å²) in [6, 6.07) is 1.19. The van der Waals surface area contributed by atoms with Crippen molar-refractivity contribution in [3.05, 3.63) is 33.9 Å². The zero-order valence-corrected chi connectivity index (χ0v) is 13.7. The third kappa shape index (κ3) is 5.61. The topological polar surface area (TPSA) is 101 Å². The monoisotopic (exact) mass is 377 g/mol. The van der Waals surface area contributed by atoms with Crippen molar-refractivity contribution < 1.29 is 26.5 Å². The standard InChI is InChI=1S/C11H14F3N3O4S.ClH/c1-7(15-2)6-16-22(20,21)10-4-3-8(17(18)19)5-9(10)11(12,13)14;/h3-5,7,15-16H,6H2,1-2H3;1H. The highest BCUT2D eigenvalue weighted by Gasteiger charge is 2.38. The predicted molar refractivity (Wildman–Crippen MR) is 79.1 cm³/mol. The van der Waals surface area contributed by atoms with Gasteiger partial charge in [0.25, 0.3) is 5.69 Å². The first-order valence-corrected chi connectivity index (χ1v) is 7.50. The summed E-state index contributed by atoms with van der Waals surface area (Å²) in [7, 11) is -2.89. The summed E-state index contributed by atoms with van der Waals surface area (Å²) in [5, 5.41) is 13.3. The molecule has 1 aromatic rings. The zero-order chi connectivity index (χ0) is 17.1. The molecule has 0 bridgehead atoms. The summed E-state index contributed by atoms with van der Waals surface area (Å²) >= 11 is 0. The third-order valence-corrected chi connectivity index (χ3v) is 4.32. The van der Waals surface area contributed by atoms with Crippen LogP contribution in [0.2, 0.25) is 0 Å². The van der Waals surface area contributed by atoms with Crippen LogP contribution in [0, 0.1) is 10.1 Å². The first-order chi connectivity index (χ1) is 9.99. The molecule has 0 saturated carbocycles. The molecule has 2 N–H and O–H groups in total. The van der Waals surface area contributed by atoms with Crippen molar-refractivity contribution >= 4 is 28.1 Å². The van der Waals surface area contributed by atoms with Gasteiger partial charge in [-0.1, -0.05) is 0 Å². The van der Waals surface area contributed by atoms with E-state index in [2.05, 4.69) is 5.32 Å². The van der Waals surface area contributed by atoms with Crippen molar-refractivity contribution in [1.82, 2.24) is 10.0 Å². The number of hydrogen-bond donors (Lipinski definition) is 2. The summed E-state index contributed by atoms with van der Waals surface area (Å²) in [5.41, 5.74) is -2.42. The summed E-state index contributed by atoms with van der Waals surface area (Å²) in [6.45, 7) is 1.50. The second-order valence-electron chi connectivity index (χ2n) is 4.48. The van der Waals surface area contributed by atoms with Crippen LogP contribution >= 0.6 is 12.4 Å². The molecule has 0 heterocycles. The Bertz CT molecular complexity index is 667. The number of benzene rings is 1. The first kappa shape index (κ1) is 21.6. The Balaban J connectivity index is 0.00000484. The Morgan fingerprint density at radius 2 is 1.91 bits per heavy atom. The molecular weight excluding hydrogens is 363 g/mol. The van der Waals surface area contributed by atoms with E-state index in [1.807, 2.05) is 4.72 Å². The number of alkyl halides is 3. The molecule has 0 aliphatic carbocycles. The minimum absolute atomic E-state index is 0. The van der Waals surface area contributed by atoms with Gasteiger partial charge in [0.15, 0.2) is 0 Å². The normalized spacial score (nSPS) is 13.3. The highest BCUT2D eigenvalue weighted by molar-refractivity contribution is 7.89. The molecule has 0 aliphatic heterocycles. The van der Waals surface area contributed by atoms with Crippen molar-refractivity contribution in [1.29, 1.82) is 0 Å². The van der Waals surface area contributed by atoms with Gasteiger partial charge in [0.05, 0.1) is 15.4 Å². The highest BCUT2D eigenvalue weighted by atomic mass is 35.5. The molecule has 7 nitrogen and oxygen atoms in total. The fourth-order valence-electron chi connectivity index (χ4n) is 1.50. The SMILES string of the molecule is CNC(C)CNS(=O)(=O)c1ccc([N+](=O)[O-])cc1C(F)(F)F.Cl. The number of nitrogens with zero attached hydrogens (tertiary/aromatic N) is 1. The maximum absolute atomic E-state index is 13.0. The van der Waals surface area contributed by atoms with Crippen LogP contribution in [0.3, 0.4) is 0 Å². The number of hydrogen-bond acceptors (Lipinski definition) is 5. The van der Waals surface area contributed by atoms with E-state index < -0.39 is 37.3 Å². The Labute approximate surface area is 136 Å². The van der Waals surface area contributed by atoms with E-state index >= 15 is 0 Å². The van der Waals surface area contributed by atoms with Crippen LogP contribution in [0.4, 0.5) is 18.9 Å². The summed E-state index contributed by atoms with van der Waals surface area (Å²) in [5.74, 6) is 0. The van der Waals surface area contributed by atoms with Crippen molar-refractivity contribution in [2.45, 2.75) is 24.0 Å². The molecule has 0 amide bonds. The van der Waals surface area contributed by atoms with Crippen LogP contribution in [0.5, 0.6) is 0 Å². The molecule has 0 radical (unpaired) electrons. The lowest BCUT2D eigenvalue weighted by Gasteiger charge is -2.15. The highest BCUT2D eigenvalue weighted by Crippen LogP contribution is 2.36. The molecular formula is C11H15ClF3N3O4S. The molecule has 1 atom stereocenters. The Morgan fingerprint density at radius 1 is 1.35 bits per heavy atom. The molecule has 0 saturated heterocycles. The molecule has 12 heteroatoms. The molecule has 132 valence electrons. The summed E-state index contributed by atoms with van der Waals surface area (Å²) < 4.78 is 64.9.